The molecule has 25 heavy (non-hydrogen) atoms. The van der Waals surface area contributed by atoms with Crippen LogP contribution in [0.2, 0.25) is 0 Å². The van der Waals surface area contributed by atoms with Gasteiger partial charge in [-0.2, -0.15) is 0 Å². The van der Waals surface area contributed by atoms with E-state index in [-0.39, 0.29) is 5.41 Å². The van der Waals surface area contributed by atoms with Crippen molar-refractivity contribution in [3.63, 3.8) is 0 Å². The quantitative estimate of drug-likeness (QED) is 0.629. The first-order valence-corrected chi connectivity index (χ1v) is 8.86. The van der Waals surface area contributed by atoms with Crippen molar-refractivity contribution in [2.45, 2.75) is 47.0 Å². The van der Waals surface area contributed by atoms with Gasteiger partial charge in [-0.3, -0.25) is 0 Å². The lowest BCUT2D eigenvalue weighted by molar-refractivity contribution is 0.0697. The van der Waals surface area contributed by atoms with Crippen LogP contribution < -0.4 is 0 Å². The Kier molecular flexibility index (Phi) is 6.19. The van der Waals surface area contributed by atoms with Gasteiger partial charge in [0.2, 0.25) is 0 Å². The maximum atomic E-state index is 10.9. The maximum absolute atomic E-state index is 10.9. The maximum Gasteiger partial charge on any atom is 0.335 e. The summed E-state index contributed by atoms with van der Waals surface area (Å²) in [7, 11) is 0. The molecule has 0 atom stereocenters. The molecule has 0 heterocycles. The highest BCUT2D eigenvalue weighted by molar-refractivity contribution is 5.87. The molecule has 1 aromatic rings. The lowest BCUT2D eigenvalue weighted by atomic mass is 9.72. The molecule has 0 fully saturated rings. The Labute approximate surface area is 151 Å². The highest BCUT2D eigenvalue weighted by atomic mass is 16.4. The van der Waals surface area contributed by atoms with Crippen molar-refractivity contribution in [3.8, 4) is 0 Å². The smallest absolute Gasteiger partial charge is 0.335 e. The summed E-state index contributed by atoms with van der Waals surface area (Å²) < 4.78 is 0. The molecule has 132 valence electrons. The average molecular weight is 336 g/mol. The monoisotopic (exact) mass is 336 g/mol. The molecular weight excluding hydrogens is 308 g/mol. The standard InChI is InChI=1S/C23H28O2/c1-17(10-11-19-12-14-20(15-13-19)22(24)25)7-5-9-21-18(2)8-6-16-23(21,3)4/h5,7,9-15H,6,8,16H2,1-4H3,(H,24,25)/b9-5?,11-10+,17-7?. The molecule has 0 aliphatic heterocycles. The van der Waals surface area contributed by atoms with Crippen LogP contribution in [0, 0.1) is 5.41 Å². The van der Waals surface area contributed by atoms with Gasteiger partial charge in [-0.25, -0.2) is 4.79 Å². The summed E-state index contributed by atoms with van der Waals surface area (Å²) in [6.07, 6.45) is 14.3. The van der Waals surface area contributed by atoms with Crippen LogP contribution in [0.25, 0.3) is 6.08 Å². The van der Waals surface area contributed by atoms with Gasteiger partial charge in [0.15, 0.2) is 0 Å². The summed E-state index contributed by atoms with van der Waals surface area (Å²) in [6, 6.07) is 6.90. The number of aromatic carboxylic acids is 1. The number of hydrogen-bond acceptors (Lipinski definition) is 1. The van der Waals surface area contributed by atoms with Crippen molar-refractivity contribution in [1.29, 1.82) is 0 Å². The number of rotatable bonds is 5. The second kappa shape index (κ2) is 8.15. The van der Waals surface area contributed by atoms with Crippen LogP contribution in [0.1, 0.15) is 62.9 Å². The van der Waals surface area contributed by atoms with E-state index in [2.05, 4.69) is 45.9 Å². The molecule has 0 bridgehead atoms. The summed E-state index contributed by atoms with van der Waals surface area (Å²) >= 11 is 0. The second-order valence-electron chi connectivity index (χ2n) is 7.46. The largest absolute Gasteiger partial charge is 0.478 e. The number of carboxylic acid groups (broad SMARTS) is 1. The first kappa shape index (κ1) is 19.0. The van der Waals surface area contributed by atoms with Crippen molar-refractivity contribution in [2.24, 2.45) is 5.41 Å². The highest BCUT2D eigenvalue weighted by Gasteiger charge is 2.26. The molecule has 2 rings (SSSR count). The average Bonchev–Trinajstić information content (AvgIpc) is 2.55. The van der Waals surface area contributed by atoms with Crippen LogP contribution in [0.5, 0.6) is 0 Å². The zero-order valence-electron chi connectivity index (χ0n) is 15.7. The number of benzene rings is 1. The number of allylic oxidation sites excluding steroid dienone is 7. The Bertz CT molecular complexity index is 741. The lowest BCUT2D eigenvalue weighted by Crippen LogP contribution is -2.18. The molecule has 1 aliphatic carbocycles. The summed E-state index contributed by atoms with van der Waals surface area (Å²) in [6.45, 7) is 8.97. The minimum atomic E-state index is -0.896. The van der Waals surface area contributed by atoms with Gasteiger partial charge < -0.3 is 5.11 Å². The van der Waals surface area contributed by atoms with E-state index < -0.39 is 5.97 Å². The molecule has 0 aromatic heterocycles. The van der Waals surface area contributed by atoms with E-state index in [0.29, 0.717) is 5.56 Å². The third-order valence-electron chi connectivity index (χ3n) is 4.86. The Balaban J connectivity index is 2.05. The van der Waals surface area contributed by atoms with Gasteiger partial charge in [-0.1, -0.05) is 67.5 Å². The second-order valence-corrected chi connectivity index (χ2v) is 7.46. The van der Waals surface area contributed by atoms with E-state index in [1.54, 1.807) is 12.1 Å². The van der Waals surface area contributed by atoms with Gasteiger partial charge in [-0.05, 0) is 61.8 Å². The Morgan fingerprint density at radius 2 is 1.84 bits per heavy atom. The van der Waals surface area contributed by atoms with E-state index in [1.165, 1.54) is 30.4 Å². The molecule has 1 aliphatic rings. The molecule has 2 nitrogen and oxygen atoms in total. The summed E-state index contributed by atoms with van der Waals surface area (Å²) in [5, 5.41) is 8.92. The summed E-state index contributed by atoms with van der Waals surface area (Å²) in [5.74, 6) is -0.896. The van der Waals surface area contributed by atoms with E-state index in [1.807, 2.05) is 24.3 Å². The number of carbonyl (C=O) groups is 1. The molecule has 0 saturated heterocycles. The van der Waals surface area contributed by atoms with E-state index in [0.717, 1.165) is 11.1 Å². The third-order valence-corrected chi connectivity index (χ3v) is 4.86. The topological polar surface area (TPSA) is 37.3 Å². The SMILES string of the molecule is CC(=CC=CC1=C(C)CCCC1(C)C)/C=C/c1ccc(C(=O)O)cc1. The van der Waals surface area contributed by atoms with E-state index in [9.17, 15) is 4.79 Å². The molecule has 1 aromatic carbocycles. The predicted molar refractivity (Wildman–Crippen MR) is 106 cm³/mol. The van der Waals surface area contributed by atoms with Crippen LogP contribution in [0.15, 0.2) is 65.3 Å². The van der Waals surface area contributed by atoms with Crippen molar-refractivity contribution in [3.05, 3.63) is 76.4 Å². The van der Waals surface area contributed by atoms with Gasteiger partial charge >= 0.3 is 5.97 Å². The lowest BCUT2D eigenvalue weighted by Gasteiger charge is -2.32. The van der Waals surface area contributed by atoms with Gasteiger partial charge in [0.05, 0.1) is 5.56 Å². The fourth-order valence-electron chi connectivity index (χ4n) is 3.33. The van der Waals surface area contributed by atoms with Crippen molar-refractivity contribution in [1.82, 2.24) is 0 Å². The molecule has 0 unspecified atom stereocenters. The fraction of sp³-hybridized carbons (Fsp3) is 0.348. The molecule has 0 radical (unpaired) electrons. The third kappa shape index (κ3) is 5.32. The predicted octanol–water partition coefficient (Wildman–Crippen LogP) is 6.43. The molecular formula is C23H28O2. The molecule has 2 heteroatoms. The number of hydrogen-bond donors (Lipinski definition) is 1. The fourth-order valence-corrected chi connectivity index (χ4v) is 3.33. The van der Waals surface area contributed by atoms with Crippen LogP contribution >= 0.6 is 0 Å². The van der Waals surface area contributed by atoms with Gasteiger partial charge in [0.25, 0.3) is 0 Å². The van der Waals surface area contributed by atoms with Crippen LogP contribution in [-0.4, -0.2) is 11.1 Å². The highest BCUT2D eigenvalue weighted by Crippen LogP contribution is 2.40. The van der Waals surface area contributed by atoms with Crippen molar-refractivity contribution in [2.75, 3.05) is 0 Å². The Hall–Kier alpha value is -2.35. The minimum Gasteiger partial charge on any atom is -0.478 e. The minimum absolute atomic E-state index is 0.266. The van der Waals surface area contributed by atoms with Gasteiger partial charge in [-0.15, -0.1) is 0 Å². The van der Waals surface area contributed by atoms with E-state index >= 15 is 0 Å². The first-order chi connectivity index (χ1) is 11.8. The Morgan fingerprint density at radius 3 is 2.44 bits per heavy atom. The summed E-state index contributed by atoms with van der Waals surface area (Å²) in [4.78, 5) is 10.9. The normalized spacial score (nSPS) is 18.3. The van der Waals surface area contributed by atoms with Crippen molar-refractivity contribution >= 4 is 12.0 Å². The Morgan fingerprint density at radius 1 is 1.16 bits per heavy atom. The molecule has 1 N–H and O–H groups in total. The van der Waals surface area contributed by atoms with E-state index in [4.69, 9.17) is 5.11 Å². The number of carboxylic acids is 1. The van der Waals surface area contributed by atoms with Gasteiger partial charge in [0.1, 0.15) is 0 Å². The van der Waals surface area contributed by atoms with Crippen LogP contribution in [-0.2, 0) is 0 Å². The van der Waals surface area contributed by atoms with Crippen LogP contribution in [0.3, 0.4) is 0 Å². The zero-order chi connectivity index (χ0) is 18.4. The van der Waals surface area contributed by atoms with Gasteiger partial charge in [0, 0.05) is 0 Å². The van der Waals surface area contributed by atoms with Crippen LogP contribution in [0.4, 0.5) is 0 Å². The molecule has 0 spiro atoms. The molecule has 0 amide bonds. The zero-order valence-corrected chi connectivity index (χ0v) is 15.7. The summed E-state index contributed by atoms with van der Waals surface area (Å²) in [5.41, 5.74) is 5.70. The molecule has 0 saturated carbocycles. The first-order valence-electron chi connectivity index (χ1n) is 8.86. The van der Waals surface area contributed by atoms with Crippen molar-refractivity contribution < 1.29 is 9.90 Å².